The minimum Gasteiger partial charge on any atom is -0.347 e. The van der Waals surface area contributed by atoms with Gasteiger partial charge >= 0.3 is 0 Å². The van der Waals surface area contributed by atoms with Gasteiger partial charge in [-0.3, -0.25) is 4.57 Å². The molecule has 174 valence electrons. The summed E-state index contributed by atoms with van der Waals surface area (Å²) < 4.78 is 33.8. The van der Waals surface area contributed by atoms with Crippen LogP contribution in [0.1, 0.15) is 38.9 Å². The average Bonchev–Trinajstić information content (AvgIpc) is 3.36. The quantitative estimate of drug-likeness (QED) is 0.522. The van der Waals surface area contributed by atoms with Crippen LogP contribution in [0.5, 0.6) is 0 Å². The molecule has 0 aliphatic carbocycles. The number of imidazole rings is 1. The van der Waals surface area contributed by atoms with E-state index in [1.807, 2.05) is 48.7 Å². The zero-order chi connectivity index (χ0) is 22.7. The third-order valence-electron chi connectivity index (χ3n) is 6.51. The molecule has 0 saturated carbocycles. The first kappa shape index (κ1) is 21.4. The fourth-order valence-electron chi connectivity index (χ4n) is 5.03. The fraction of sp³-hybridized carbons (Fsp3) is 0.522. The maximum atomic E-state index is 6.63. The Labute approximate surface area is 195 Å². The summed E-state index contributed by atoms with van der Waals surface area (Å²) in [6.45, 7) is 6.30. The predicted molar refractivity (Wildman–Crippen MR) is 117 cm³/mol. The number of fused-ring (bicyclic) bond motifs is 3. The lowest BCUT2D eigenvalue weighted by Crippen LogP contribution is -2.47. The molecule has 10 heteroatoms. The SMILES string of the molecule is C[C@H]1[C@H]2OC(C)(C)O[C@H]2[C@H](n2cnc3c(Cl)ncnc32)O[C@@H]2COC(c3ccccc3)O[C@@H]12. The number of halogens is 1. The smallest absolute Gasteiger partial charge is 0.184 e. The van der Waals surface area contributed by atoms with Crippen LogP contribution in [0.25, 0.3) is 11.2 Å². The molecule has 9 nitrogen and oxygen atoms in total. The maximum Gasteiger partial charge on any atom is 0.184 e. The second-order valence-electron chi connectivity index (χ2n) is 9.15. The summed E-state index contributed by atoms with van der Waals surface area (Å²) >= 11 is 6.24. The van der Waals surface area contributed by atoms with Crippen LogP contribution < -0.4 is 0 Å². The molecule has 0 amide bonds. The molecular formula is C23H25ClN4O5. The van der Waals surface area contributed by atoms with Crippen molar-refractivity contribution in [2.24, 2.45) is 5.92 Å². The second-order valence-corrected chi connectivity index (χ2v) is 9.51. The van der Waals surface area contributed by atoms with Crippen LogP contribution in [0.4, 0.5) is 0 Å². The molecule has 33 heavy (non-hydrogen) atoms. The Morgan fingerprint density at radius 3 is 2.61 bits per heavy atom. The summed E-state index contributed by atoms with van der Waals surface area (Å²) in [4.78, 5) is 12.8. The van der Waals surface area contributed by atoms with Gasteiger partial charge in [-0.25, -0.2) is 15.0 Å². The van der Waals surface area contributed by atoms with Crippen molar-refractivity contribution in [2.45, 2.75) is 63.5 Å². The van der Waals surface area contributed by atoms with Crippen molar-refractivity contribution in [1.29, 1.82) is 0 Å². The van der Waals surface area contributed by atoms with Crippen LogP contribution in [0.2, 0.25) is 5.15 Å². The van der Waals surface area contributed by atoms with E-state index in [1.165, 1.54) is 6.33 Å². The summed E-state index contributed by atoms with van der Waals surface area (Å²) in [6, 6.07) is 9.91. The van der Waals surface area contributed by atoms with Gasteiger partial charge in [0.1, 0.15) is 24.1 Å². The first-order chi connectivity index (χ1) is 15.9. The van der Waals surface area contributed by atoms with Gasteiger partial charge < -0.3 is 23.7 Å². The molecule has 0 radical (unpaired) electrons. The third-order valence-corrected chi connectivity index (χ3v) is 6.79. The molecule has 3 aliphatic heterocycles. The van der Waals surface area contributed by atoms with Crippen molar-refractivity contribution in [3.63, 3.8) is 0 Å². The fourth-order valence-corrected chi connectivity index (χ4v) is 5.21. The van der Waals surface area contributed by atoms with Crippen LogP contribution in [-0.2, 0) is 23.7 Å². The largest absolute Gasteiger partial charge is 0.347 e. The highest BCUT2D eigenvalue weighted by Crippen LogP contribution is 2.46. The van der Waals surface area contributed by atoms with Crippen molar-refractivity contribution in [3.8, 4) is 0 Å². The molecule has 3 aromatic rings. The lowest BCUT2D eigenvalue weighted by Gasteiger charge is -2.39. The minimum absolute atomic E-state index is 0.0186. The minimum atomic E-state index is -0.773. The molecule has 2 aromatic heterocycles. The predicted octanol–water partition coefficient (Wildman–Crippen LogP) is 3.65. The molecule has 0 N–H and O–H groups in total. The lowest BCUT2D eigenvalue weighted by atomic mass is 9.91. The van der Waals surface area contributed by atoms with Crippen LogP contribution in [0.15, 0.2) is 43.0 Å². The molecule has 3 fully saturated rings. The van der Waals surface area contributed by atoms with Crippen LogP contribution in [0, 0.1) is 5.92 Å². The van der Waals surface area contributed by atoms with Gasteiger partial charge in [-0.2, -0.15) is 0 Å². The van der Waals surface area contributed by atoms with E-state index >= 15 is 0 Å². The average molecular weight is 473 g/mol. The van der Waals surface area contributed by atoms with Gasteiger partial charge in [0.15, 0.2) is 29.1 Å². The van der Waals surface area contributed by atoms with E-state index in [0.29, 0.717) is 17.8 Å². The molecule has 3 saturated heterocycles. The van der Waals surface area contributed by atoms with Gasteiger partial charge in [0, 0.05) is 11.5 Å². The van der Waals surface area contributed by atoms with Gasteiger partial charge in [0.25, 0.3) is 0 Å². The van der Waals surface area contributed by atoms with Crippen molar-refractivity contribution >= 4 is 22.8 Å². The van der Waals surface area contributed by atoms with Crippen LogP contribution >= 0.6 is 11.6 Å². The van der Waals surface area contributed by atoms with Gasteiger partial charge in [0.2, 0.25) is 0 Å². The normalized spacial score (nSPS) is 35.7. The van der Waals surface area contributed by atoms with E-state index in [-0.39, 0.29) is 29.4 Å². The Morgan fingerprint density at radius 2 is 1.79 bits per heavy atom. The molecular weight excluding hydrogens is 448 g/mol. The van der Waals surface area contributed by atoms with E-state index in [4.69, 9.17) is 35.3 Å². The van der Waals surface area contributed by atoms with Crippen LogP contribution in [-0.4, -0.2) is 56.3 Å². The Morgan fingerprint density at radius 1 is 1.00 bits per heavy atom. The van der Waals surface area contributed by atoms with Crippen molar-refractivity contribution in [2.75, 3.05) is 6.61 Å². The molecule has 1 aromatic carbocycles. The number of aromatic nitrogens is 4. The zero-order valence-electron chi connectivity index (χ0n) is 18.5. The third kappa shape index (κ3) is 3.63. The van der Waals surface area contributed by atoms with Crippen molar-refractivity contribution in [1.82, 2.24) is 19.5 Å². The highest BCUT2D eigenvalue weighted by molar-refractivity contribution is 6.33. The van der Waals surface area contributed by atoms with Crippen LogP contribution in [0.3, 0.4) is 0 Å². The van der Waals surface area contributed by atoms with E-state index in [0.717, 1.165) is 5.56 Å². The molecule has 7 atom stereocenters. The summed E-state index contributed by atoms with van der Waals surface area (Å²) in [5.41, 5.74) is 2.04. The zero-order valence-corrected chi connectivity index (χ0v) is 19.3. The van der Waals surface area contributed by atoms with Gasteiger partial charge in [0.05, 0.1) is 25.1 Å². The lowest BCUT2D eigenvalue weighted by molar-refractivity contribution is -0.292. The first-order valence-corrected chi connectivity index (χ1v) is 11.5. The number of nitrogens with zero attached hydrogens (tertiary/aromatic N) is 4. The Kier molecular flexibility index (Phi) is 5.17. The highest BCUT2D eigenvalue weighted by Gasteiger charge is 2.56. The van der Waals surface area contributed by atoms with E-state index in [1.54, 1.807) is 6.33 Å². The highest BCUT2D eigenvalue weighted by atomic mass is 35.5. The second kappa shape index (κ2) is 7.97. The number of ether oxygens (including phenoxy) is 5. The number of hydrogen-bond donors (Lipinski definition) is 0. The standard InChI is InChI=1S/C23H25ClN4O5/c1-12-16-14(9-29-22(31-16)13-7-5-4-6-8-13)30-21(18-17(12)32-23(2,3)33-18)28-11-27-15-19(24)25-10-26-20(15)28/h4-8,10-12,14,16-18,21-22H,9H2,1-3H3/t12-,14-,16+,17-,18-,21-,22?/m1/s1. The van der Waals surface area contributed by atoms with E-state index in [9.17, 15) is 0 Å². The summed E-state index contributed by atoms with van der Waals surface area (Å²) in [5, 5.41) is 0.286. The monoisotopic (exact) mass is 472 g/mol. The first-order valence-electron chi connectivity index (χ1n) is 11.1. The maximum absolute atomic E-state index is 6.63. The topological polar surface area (TPSA) is 89.8 Å². The Balaban J connectivity index is 1.38. The molecule has 0 bridgehead atoms. The number of hydrogen-bond acceptors (Lipinski definition) is 8. The number of benzene rings is 1. The van der Waals surface area contributed by atoms with Crippen molar-refractivity contribution < 1.29 is 23.7 Å². The summed E-state index contributed by atoms with van der Waals surface area (Å²) in [7, 11) is 0. The Hall–Kier alpha value is -2.14. The summed E-state index contributed by atoms with van der Waals surface area (Å²) in [6.07, 6.45) is 0.761. The molecule has 0 spiro atoms. The molecule has 1 unspecified atom stereocenters. The van der Waals surface area contributed by atoms with E-state index < -0.39 is 24.4 Å². The molecule has 5 heterocycles. The number of rotatable bonds is 2. The van der Waals surface area contributed by atoms with Gasteiger partial charge in [-0.05, 0) is 13.8 Å². The Bertz CT molecular complexity index is 1160. The van der Waals surface area contributed by atoms with Gasteiger partial charge in [-0.1, -0.05) is 48.9 Å². The van der Waals surface area contributed by atoms with E-state index in [2.05, 4.69) is 21.9 Å². The van der Waals surface area contributed by atoms with Crippen molar-refractivity contribution in [3.05, 3.63) is 53.7 Å². The summed E-state index contributed by atoms with van der Waals surface area (Å²) in [5.74, 6) is -0.791. The van der Waals surface area contributed by atoms with Gasteiger partial charge in [-0.15, -0.1) is 0 Å². The molecule has 6 rings (SSSR count). The molecule has 3 aliphatic rings.